The predicted octanol–water partition coefficient (Wildman–Crippen LogP) is 2.87. The summed E-state index contributed by atoms with van der Waals surface area (Å²) < 4.78 is 13.0. The van der Waals surface area contributed by atoms with Crippen LogP contribution in [-0.4, -0.2) is 55.9 Å². The zero-order valence-corrected chi connectivity index (χ0v) is 15.8. The van der Waals surface area contributed by atoms with Crippen molar-refractivity contribution in [3.8, 4) is 0 Å². The Morgan fingerprint density at radius 1 is 1.36 bits per heavy atom. The molecule has 6 heteroatoms. The summed E-state index contributed by atoms with van der Waals surface area (Å²) in [4.78, 5) is 12.3. The molecule has 1 aromatic heterocycles. The van der Waals surface area contributed by atoms with Gasteiger partial charge in [0.1, 0.15) is 0 Å². The fraction of sp³-hybridized carbons (Fsp3) is 0.421. The molecule has 1 aliphatic carbocycles. The summed E-state index contributed by atoms with van der Waals surface area (Å²) in [7, 11) is 3.01. The number of nitrogens with zero attached hydrogens (tertiary/aromatic N) is 3. The van der Waals surface area contributed by atoms with E-state index >= 15 is 0 Å². The lowest BCUT2D eigenvalue weighted by Gasteiger charge is -2.35. The number of allylic oxidation sites excluding steroid dienone is 1. The van der Waals surface area contributed by atoms with Crippen molar-refractivity contribution >= 4 is 21.8 Å². The molecule has 0 saturated heterocycles. The van der Waals surface area contributed by atoms with E-state index in [4.69, 9.17) is 0 Å². The Labute approximate surface area is 150 Å². The molecular formula is C19H24N4OS. The van der Waals surface area contributed by atoms with Gasteiger partial charge < -0.3 is 14.8 Å². The van der Waals surface area contributed by atoms with Gasteiger partial charge in [0.25, 0.3) is 0 Å². The van der Waals surface area contributed by atoms with Gasteiger partial charge in [-0.2, -0.15) is 0 Å². The minimum atomic E-state index is -1.20. The van der Waals surface area contributed by atoms with Crippen LogP contribution < -0.4 is 0 Å². The van der Waals surface area contributed by atoms with E-state index in [1.54, 1.807) is 0 Å². The van der Waals surface area contributed by atoms with Crippen LogP contribution in [0.25, 0.3) is 11.0 Å². The Morgan fingerprint density at radius 3 is 2.84 bits per heavy atom. The number of fused-ring (bicyclic) bond motifs is 1. The first-order valence-corrected chi connectivity index (χ1v) is 9.98. The van der Waals surface area contributed by atoms with Gasteiger partial charge in [0.15, 0.2) is 5.16 Å². The molecule has 1 saturated carbocycles. The summed E-state index contributed by atoms with van der Waals surface area (Å²) in [6.45, 7) is 3.14. The maximum Gasteiger partial charge on any atom is 0.197 e. The van der Waals surface area contributed by atoms with Crippen molar-refractivity contribution in [3.05, 3.63) is 47.8 Å². The van der Waals surface area contributed by atoms with E-state index in [9.17, 15) is 4.21 Å². The molecule has 0 amide bonds. The summed E-state index contributed by atoms with van der Waals surface area (Å²) in [5.41, 5.74) is 4.33. The third-order valence-corrected chi connectivity index (χ3v) is 6.57. The van der Waals surface area contributed by atoms with Crippen molar-refractivity contribution in [3.63, 3.8) is 0 Å². The van der Waals surface area contributed by atoms with Gasteiger partial charge in [-0.3, -0.25) is 4.21 Å². The van der Waals surface area contributed by atoms with E-state index < -0.39 is 10.8 Å². The molecule has 25 heavy (non-hydrogen) atoms. The van der Waals surface area contributed by atoms with Crippen LogP contribution in [0.5, 0.6) is 0 Å². The second-order valence-corrected chi connectivity index (χ2v) is 8.59. The maximum atomic E-state index is 13.0. The SMILES string of the molecule is CN1CC=CC(N(C)C2(C)CC2)=C1CS(=O)c1nc2ccccc2[nH]1. The molecule has 1 aromatic carbocycles. The van der Waals surface area contributed by atoms with Crippen LogP contribution in [0, 0.1) is 0 Å². The lowest BCUT2D eigenvalue weighted by Crippen LogP contribution is -2.36. The minimum absolute atomic E-state index is 0.240. The molecule has 2 aliphatic rings. The zero-order valence-electron chi connectivity index (χ0n) is 15.0. The van der Waals surface area contributed by atoms with E-state index in [1.165, 1.54) is 18.5 Å². The monoisotopic (exact) mass is 356 g/mol. The van der Waals surface area contributed by atoms with Gasteiger partial charge in [0.05, 0.1) is 39.0 Å². The lowest BCUT2D eigenvalue weighted by molar-refractivity contribution is 0.293. The highest BCUT2D eigenvalue weighted by Crippen LogP contribution is 2.43. The normalized spacial score (nSPS) is 20.2. The number of imidazole rings is 1. The average Bonchev–Trinajstić information content (AvgIpc) is 3.21. The van der Waals surface area contributed by atoms with Crippen molar-refractivity contribution in [2.24, 2.45) is 0 Å². The highest BCUT2D eigenvalue weighted by molar-refractivity contribution is 7.85. The first-order chi connectivity index (χ1) is 12.0. The fourth-order valence-electron chi connectivity index (χ4n) is 3.25. The second-order valence-electron chi connectivity index (χ2n) is 7.22. The number of likely N-dealkylation sites (N-methyl/N-ethyl adjacent to an activating group) is 2. The summed E-state index contributed by atoms with van der Waals surface area (Å²) in [5, 5.41) is 0.552. The Morgan fingerprint density at radius 2 is 2.12 bits per heavy atom. The van der Waals surface area contributed by atoms with Crippen molar-refractivity contribution in [2.45, 2.75) is 30.5 Å². The van der Waals surface area contributed by atoms with Gasteiger partial charge >= 0.3 is 0 Å². The molecule has 4 rings (SSSR count). The Kier molecular flexibility index (Phi) is 3.95. The quantitative estimate of drug-likeness (QED) is 0.895. The molecule has 0 spiro atoms. The molecule has 1 aliphatic heterocycles. The van der Waals surface area contributed by atoms with Crippen LogP contribution in [0.2, 0.25) is 0 Å². The second kappa shape index (κ2) is 6.02. The molecule has 132 valence electrons. The summed E-state index contributed by atoms with van der Waals surface area (Å²) in [6.07, 6.45) is 6.77. The number of aromatic nitrogens is 2. The first-order valence-electron chi connectivity index (χ1n) is 8.66. The summed E-state index contributed by atoms with van der Waals surface area (Å²) >= 11 is 0. The van der Waals surface area contributed by atoms with Crippen molar-refractivity contribution in [1.82, 2.24) is 19.8 Å². The first kappa shape index (κ1) is 16.4. The van der Waals surface area contributed by atoms with Crippen LogP contribution in [-0.2, 0) is 10.8 Å². The smallest absolute Gasteiger partial charge is 0.197 e. The average molecular weight is 356 g/mol. The third kappa shape index (κ3) is 2.99. The van der Waals surface area contributed by atoms with Gasteiger partial charge in [-0.15, -0.1) is 0 Å². The third-order valence-electron chi connectivity index (χ3n) is 5.41. The van der Waals surface area contributed by atoms with E-state index in [2.05, 4.69) is 52.9 Å². The van der Waals surface area contributed by atoms with Gasteiger partial charge in [0, 0.05) is 26.2 Å². The van der Waals surface area contributed by atoms with Crippen LogP contribution in [0.3, 0.4) is 0 Å². The van der Waals surface area contributed by atoms with Crippen molar-refractivity contribution in [2.75, 3.05) is 26.4 Å². The van der Waals surface area contributed by atoms with Gasteiger partial charge in [-0.05, 0) is 38.0 Å². The van der Waals surface area contributed by atoms with Crippen molar-refractivity contribution in [1.29, 1.82) is 0 Å². The van der Waals surface area contributed by atoms with Crippen LogP contribution in [0.1, 0.15) is 19.8 Å². The largest absolute Gasteiger partial charge is 0.372 e. The van der Waals surface area contributed by atoms with E-state index in [0.717, 1.165) is 23.3 Å². The topological polar surface area (TPSA) is 52.2 Å². The molecule has 1 N–H and O–H groups in total. The highest BCUT2D eigenvalue weighted by Gasteiger charge is 2.43. The number of rotatable bonds is 5. The lowest BCUT2D eigenvalue weighted by atomic mass is 10.1. The van der Waals surface area contributed by atoms with Gasteiger partial charge in [-0.1, -0.05) is 18.2 Å². The molecule has 1 unspecified atom stereocenters. The van der Waals surface area contributed by atoms with Gasteiger partial charge in [-0.25, -0.2) is 4.98 Å². The Bertz CT molecular complexity index is 861. The van der Waals surface area contributed by atoms with E-state index in [0.29, 0.717) is 10.9 Å². The number of H-pyrrole nitrogens is 1. The molecule has 1 atom stereocenters. The van der Waals surface area contributed by atoms with Crippen LogP contribution in [0.4, 0.5) is 0 Å². The highest BCUT2D eigenvalue weighted by atomic mass is 32.2. The molecule has 2 heterocycles. The molecule has 5 nitrogen and oxygen atoms in total. The Hall–Kier alpha value is -2.08. The van der Waals surface area contributed by atoms with E-state index in [-0.39, 0.29) is 5.54 Å². The number of aromatic amines is 1. The Balaban J connectivity index is 1.64. The zero-order chi connectivity index (χ0) is 17.6. The number of nitrogens with one attached hydrogen (secondary N) is 1. The van der Waals surface area contributed by atoms with Crippen LogP contribution >= 0.6 is 0 Å². The van der Waals surface area contributed by atoms with Gasteiger partial charge in [0.2, 0.25) is 0 Å². The summed E-state index contributed by atoms with van der Waals surface area (Å²) in [5.74, 6) is 0.469. The predicted molar refractivity (Wildman–Crippen MR) is 102 cm³/mol. The van der Waals surface area contributed by atoms with E-state index in [1.807, 2.05) is 24.3 Å². The van der Waals surface area contributed by atoms with Crippen molar-refractivity contribution < 1.29 is 4.21 Å². The summed E-state index contributed by atoms with van der Waals surface area (Å²) in [6, 6.07) is 7.81. The minimum Gasteiger partial charge on any atom is -0.372 e. The maximum absolute atomic E-state index is 13.0. The standard InChI is InChI=1S/C19H24N4OS/c1-19(10-11-19)23(3)16-9-6-12-22(2)17(16)13-25(24)18-20-14-7-4-5-8-15(14)21-18/h4-9H,10-13H2,1-3H3,(H,20,21). The number of hydrogen-bond donors (Lipinski definition) is 1. The number of para-hydroxylation sites is 2. The molecule has 0 bridgehead atoms. The fourth-order valence-corrected chi connectivity index (χ4v) is 4.43. The molecule has 2 aromatic rings. The molecule has 1 fully saturated rings. The molecule has 0 radical (unpaired) electrons. The molecular weight excluding hydrogens is 332 g/mol. The number of benzene rings is 1. The number of hydrogen-bond acceptors (Lipinski definition) is 4. The van der Waals surface area contributed by atoms with Crippen LogP contribution in [0.15, 0.2) is 53.0 Å².